The molecule has 0 bridgehead atoms. The van der Waals surface area contributed by atoms with Gasteiger partial charge in [-0.3, -0.25) is 4.68 Å². The molecule has 1 heterocycles. The predicted molar refractivity (Wildman–Crippen MR) is 99.5 cm³/mol. The Morgan fingerprint density at radius 1 is 1.21 bits per heavy atom. The quantitative estimate of drug-likeness (QED) is 0.680. The first-order valence-corrected chi connectivity index (χ1v) is 8.07. The highest BCUT2D eigenvalue weighted by Gasteiger charge is 2.15. The maximum Gasteiger partial charge on any atom is 0.122 e. The zero-order valence-electron chi connectivity index (χ0n) is 14.2. The van der Waals surface area contributed by atoms with Crippen LogP contribution in [0.15, 0.2) is 42.6 Å². The number of hydrogen-bond donors (Lipinski definition) is 2. The third-order valence-corrected chi connectivity index (χ3v) is 4.13. The van der Waals surface area contributed by atoms with Gasteiger partial charge >= 0.3 is 0 Å². The van der Waals surface area contributed by atoms with Gasteiger partial charge in [-0.25, -0.2) is 0 Å². The van der Waals surface area contributed by atoms with Gasteiger partial charge in [0.2, 0.25) is 0 Å². The van der Waals surface area contributed by atoms with Gasteiger partial charge in [-0.15, -0.1) is 0 Å². The third kappa shape index (κ3) is 2.97. The number of carbonyl (C=O) groups excluding carboxylic acids is 1. The standard InChI is InChI=1S/C19H22N4O/c1-13(10-11-24)21-19-15(7-5-9-18(19)20-2)14-6-4-8-17-16(14)12-23(3)22-17/h4-9,11-13,20-21H,10H2,1-3H3. The number of benzene rings is 2. The molecule has 0 saturated carbocycles. The molecule has 24 heavy (non-hydrogen) atoms. The van der Waals surface area contributed by atoms with Gasteiger partial charge < -0.3 is 15.4 Å². The molecular weight excluding hydrogens is 300 g/mol. The number of hydrogen-bond acceptors (Lipinski definition) is 4. The van der Waals surface area contributed by atoms with E-state index in [1.807, 2.05) is 56.2 Å². The molecule has 3 rings (SSSR count). The second-order valence-corrected chi connectivity index (χ2v) is 5.97. The number of para-hydroxylation sites is 1. The molecule has 0 radical (unpaired) electrons. The molecule has 0 saturated heterocycles. The van der Waals surface area contributed by atoms with Crippen molar-refractivity contribution in [3.8, 4) is 11.1 Å². The highest BCUT2D eigenvalue weighted by Crippen LogP contribution is 2.38. The molecule has 0 aliphatic heterocycles. The van der Waals surface area contributed by atoms with E-state index in [4.69, 9.17) is 0 Å². The summed E-state index contributed by atoms with van der Waals surface area (Å²) in [5.74, 6) is 0. The summed E-state index contributed by atoms with van der Waals surface area (Å²) in [6, 6.07) is 12.4. The van der Waals surface area contributed by atoms with Crippen molar-refractivity contribution < 1.29 is 4.79 Å². The highest BCUT2D eigenvalue weighted by molar-refractivity contribution is 6.00. The summed E-state index contributed by atoms with van der Waals surface area (Å²) < 4.78 is 1.83. The van der Waals surface area contributed by atoms with Crippen molar-refractivity contribution in [2.75, 3.05) is 17.7 Å². The van der Waals surface area contributed by atoms with Gasteiger partial charge in [-0.05, 0) is 24.6 Å². The van der Waals surface area contributed by atoms with Crippen molar-refractivity contribution in [2.24, 2.45) is 7.05 Å². The summed E-state index contributed by atoms with van der Waals surface area (Å²) in [6.45, 7) is 2.01. The molecule has 5 heteroatoms. The van der Waals surface area contributed by atoms with E-state index in [-0.39, 0.29) is 6.04 Å². The largest absolute Gasteiger partial charge is 0.386 e. The molecule has 0 aliphatic rings. The Hall–Kier alpha value is -2.82. The van der Waals surface area contributed by atoms with Gasteiger partial charge in [0.1, 0.15) is 6.29 Å². The zero-order valence-corrected chi connectivity index (χ0v) is 14.2. The van der Waals surface area contributed by atoms with Crippen molar-refractivity contribution in [2.45, 2.75) is 19.4 Å². The summed E-state index contributed by atoms with van der Waals surface area (Å²) in [5, 5.41) is 12.3. The SMILES string of the molecule is CNc1cccc(-c2cccc3nn(C)cc23)c1NC(C)CC=O. The molecule has 124 valence electrons. The minimum atomic E-state index is 0.0591. The van der Waals surface area contributed by atoms with Crippen LogP contribution in [0.25, 0.3) is 22.0 Å². The Balaban J connectivity index is 2.17. The second kappa shape index (κ2) is 6.74. The van der Waals surface area contributed by atoms with E-state index in [0.717, 1.165) is 39.7 Å². The topological polar surface area (TPSA) is 59.0 Å². The number of nitrogens with one attached hydrogen (secondary N) is 2. The van der Waals surface area contributed by atoms with Gasteiger partial charge in [-0.1, -0.05) is 24.3 Å². The van der Waals surface area contributed by atoms with Crippen LogP contribution in [0, 0.1) is 0 Å². The van der Waals surface area contributed by atoms with Crippen molar-refractivity contribution in [3.63, 3.8) is 0 Å². The number of anilines is 2. The van der Waals surface area contributed by atoms with E-state index >= 15 is 0 Å². The fourth-order valence-corrected chi connectivity index (χ4v) is 2.99. The normalized spacial score (nSPS) is 12.1. The molecule has 2 aromatic carbocycles. The molecule has 0 amide bonds. The number of aromatic nitrogens is 2. The monoisotopic (exact) mass is 322 g/mol. The Labute approximate surface area is 141 Å². The molecule has 5 nitrogen and oxygen atoms in total. The van der Waals surface area contributed by atoms with Crippen LogP contribution in [0.4, 0.5) is 11.4 Å². The minimum absolute atomic E-state index is 0.0591. The number of fused-ring (bicyclic) bond motifs is 1. The molecule has 0 aliphatic carbocycles. The lowest BCUT2D eigenvalue weighted by Gasteiger charge is -2.20. The van der Waals surface area contributed by atoms with E-state index in [9.17, 15) is 4.79 Å². The molecule has 1 atom stereocenters. The van der Waals surface area contributed by atoms with Crippen LogP contribution in [0.3, 0.4) is 0 Å². The van der Waals surface area contributed by atoms with Crippen molar-refractivity contribution >= 4 is 28.6 Å². The Kier molecular flexibility index (Phi) is 4.51. The van der Waals surface area contributed by atoms with Crippen LogP contribution in [-0.4, -0.2) is 29.2 Å². The highest BCUT2D eigenvalue weighted by atomic mass is 16.1. The molecular formula is C19H22N4O. The third-order valence-electron chi connectivity index (χ3n) is 4.13. The second-order valence-electron chi connectivity index (χ2n) is 5.97. The maximum absolute atomic E-state index is 10.8. The summed E-state index contributed by atoms with van der Waals surface area (Å²) in [7, 11) is 3.83. The average molecular weight is 322 g/mol. The predicted octanol–water partition coefficient (Wildman–Crippen LogP) is 3.67. The number of carbonyl (C=O) groups is 1. The summed E-state index contributed by atoms with van der Waals surface area (Å²) >= 11 is 0. The zero-order chi connectivity index (χ0) is 17.1. The van der Waals surface area contributed by atoms with Gasteiger partial charge in [0, 0.05) is 43.7 Å². The Bertz CT molecular complexity index is 869. The molecule has 0 spiro atoms. The fraction of sp³-hybridized carbons (Fsp3) is 0.263. The lowest BCUT2D eigenvalue weighted by molar-refractivity contribution is -0.107. The van der Waals surface area contributed by atoms with E-state index in [2.05, 4.69) is 27.9 Å². The molecule has 0 fully saturated rings. The summed E-state index contributed by atoms with van der Waals surface area (Å²) in [4.78, 5) is 10.8. The van der Waals surface area contributed by atoms with E-state index < -0.39 is 0 Å². The van der Waals surface area contributed by atoms with Crippen LogP contribution in [0.2, 0.25) is 0 Å². The van der Waals surface area contributed by atoms with Crippen molar-refractivity contribution in [1.29, 1.82) is 0 Å². The Morgan fingerprint density at radius 2 is 1.96 bits per heavy atom. The van der Waals surface area contributed by atoms with Crippen LogP contribution in [-0.2, 0) is 11.8 Å². The summed E-state index contributed by atoms with van der Waals surface area (Å²) in [6.07, 6.45) is 3.45. The van der Waals surface area contributed by atoms with Crippen LogP contribution >= 0.6 is 0 Å². The van der Waals surface area contributed by atoms with Gasteiger partial charge in [-0.2, -0.15) is 5.10 Å². The van der Waals surface area contributed by atoms with E-state index in [1.165, 1.54) is 0 Å². The average Bonchev–Trinajstić information content (AvgIpc) is 2.95. The first-order valence-electron chi connectivity index (χ1n) is 8.07. The van der Waals surface area contributed by atoms with Gasteiger partial charge in [0.25, 0.3) is 0 Å². The Morgan fingerprint density at radius 3 is 2.71 bits per heavy atom. The van der Waals surface area contributed by atoms with Gasteiger partial charge in [0.15, 0.2) is 0 Å². The minimum Gasteiger partial charge on any atom is -0.386 e. The number of aryl methyl sites for hydroxylation is 1. The first kappa shape index (κ1) is 16.1. The van der Waals surface area contributed by atoms with Crippen molar-refractivity contribution in [1.82, 2.24) is 9.78 Å². The lowest BCUT2D eigenvalue weighted by atomic mass is 9.98. The summed E-state index contributed by atoms with van der Waals surface area (Å²) in [5.41, 5.74) is 5.20. The molecule has 3 aromatic rings. The van der Waals surface area contributed by atoms with E-state index in [1.54, 1.807) is 0 Å². The number of rotatable bonds is 6. The smallest absolute Gasteiger partial charge is 0.122 e. The fourth-order valence-electron chi connectivity index (χ4n) is 2.99. The molecule has 1 unspecified atom stereocenters. The number of aldehydes is 1. The van der Waals surface area contributed by atoms with Crippen LogP contribution in [0.1, 0.15) is 13.3 Å². The maximum atomic E-state index is 10.8. The number of nitrogens with zero attached hydrogens (tertiary/aromatic N) is 2. The van der Waals surface area contributed by atoms with Crippen molar-refractivity contribution in [3.05, 3.63) is 42.6 Å². The van der Waals surface area contributed by atoms with Crippen LogP contribution in [0.5, 0.6) is 0 Å². The molecule has 1 aromatic heterocycles. The van der Waals surface area contributed by atoms with Crippen LogP contribution < -0.4 is 10.6 Å². The lowest BCUT2D eigenvalue weighted by Crippen LogP contribution is -2.17. The molecule has 2 N–H and O–H groups in total. The first-order chi connectivity index (χ1) is 11.6. The van der Waals surface area contributed by atoms with Gasteiger partial charge in [0.05, 0.1) is 16.9 Å². The van der Waals surface area contributed by atoms with E-state index in [0.29, 0.717) is 6.42 Å².